The summed E-state index contributed by atoms with van der Waals surface area (Å²) >= 11 is 0. The predicted octanol–water partition coefficient (Wildman–Crippen LogP) is 2.52. The number of carbonyl (C=O) groups excluding carboxylic acids is 2. The Hall–Kier alpha value is -2.91. The molecule has 32 heavy (non-hydrogen) atoms. The fourth-order valence-electron chi connectivity index (χ4n) is 3.69. The Balaban J connectivity index is 2.05. The molecule has 172 valence electrons. The summed E-state index contributed by atoms with van der Waals surface area (Å²) in [6, 6.07) is 11.6. The number of rotatable bonds is 6. The lowest BCUT2D eigenvalue weighted by Crippen LogP contribution is -2.50. The number of hydrogen-bond donors (Lipinski definition) is 0. The second kappa shape index (κ2) is 9.30. The average Bonchev–Trinajstić information content (AvgIpc) is 2.78. The quantitative estimate of drug-likeness (QED) is 0.663. The van der Waals surface area contributed by atoms with E-state index in [1.807, 2.05) is 0 Å². The van der Waals surface area contributed by atoms with E-state index in [1.54, 1.807) is 65.2 Å². The zero-order valence-electron chi connectivity index (χ0n) is 19.0. The number of carbonyl (C=O) groups is 2. The SMILES string of the molecule is CCN(CC)S(=O)(=O)c1ccc(C)c(C(=O)N2CC(C(=O)N(C)C)Oc3ccccc32)c1. The summed E-state index contributed by atoms with van der Waals surface area (Å²) in [6.45, 7) is 6.00. The Morgan fingerprint density at radius 1 is 1.09 bits per heavy atom. The highest BCUT2D eigenvalue weighted by molar-refractivity contribution is 7.89. The van der Waals surface area contributed by atoms with Gasteiger partial charge in [-0.25, -0.2) is 8.42 Å². The first-order valence-electron chi connectivity index (χ1n) is 10.5. The number of likely N-dealkylation sites (N-methyl/N-ethyl adjacent to an activating group) is 1. The highest BCUT2D eigenvalue weighted by atomic mass is 32.2. The van der Waals surface area contributed by atoms with E-state index in [0.29, 0.717) is 30.1 Å². The van der Waals surface area contributed by atoms with Crippen LogP contribution in [0.4, 0.5) is 5.69 Å². The van der Waals surface area contributed by atoms with Crippen LogP contribution in [0.1, 0.15) is 29.8 Å². The lowest BCUT2D eigenvalue weighted by atomic mass is 10.1. The highest BCUT2D eigenvalue weighted by Crippen LogP contribution is 2.35. The minimum absolute atomic E-state index is 0.0271. The third kappa shape index (κ3) is 4.35. The molecule has 0 aromatic heterocycles. The van der Waals surface area contributed by atoms with Crippen LogP contribution in [0.5, 0.6) is 5.75 Å². The smallest absolute Gasteiger partial charge is 0.265 e. The minimum Gasteiger partial charge on any atom is -0.476 e. The molecular weight excluding hydrogens is 430 g/mol. The van der Waals surface area contributed by atoms with E-state index in [-0.39, 0.29) is 28.8 Å². The summed E-state index contributed by atoms with van der Waals surface area (Å²) < 4.78 is 33.2. The number of amides is 2. The van der Waals surface area contributed by atoms with E-state index in [9.17, 15) is 18.0 Å². The van der Waals surface area contributed by atoms with Crippen molar-refractivity contribution in [3.63, 3.8) is 0 Å². The summed E-state index contributed by atoms with van der Waals surface area (Å²) in [5.41, 5.74) is 1.45. The molecule has 2 amide bonds. The third-order valence-electron chi connectivity index (χ3n) is 5.52. The number of nitrogens with zero attached hydrogens (tertiary/aromatic N) is 3. The van der Waals surface area contributed by atoms with Crippen molar-refractivity contribution in [2.75, 3.05) is 38.6 Å². The van der Waals surface area contributed by atoms with Gasteiger partial charge in [0.25, 0.3) is 11.8 Å². The second-order valence-electron chi connectivity index (χ2n) is 7.79. The molecule has 1 aliphatic rings. The molecular formula is C23H29N3O5S. The van der Waals surface area contributed by atoms with E-state index >= 15 is 0 Å². The van der Waals surface area contributed by atoms with Crippen molar-refractivity contribution < 1.29 is 22.7 Å². The van der Waals surface area contributed by atoms with Crippen LogP contribution in [-0.4, -0.2) is 69.3 Å². The largest absolute Gasteiger partial charge is 0.476 e. The Bertz CT molecular complexity index is 1130. The van der Waals surface area contributed by atoms with Crippen LogP contribution < -0.4 is 9.64 Å². The summed E-state index contributed by atoms with van der Waals surface area (Å²) in [5.74, 6) is -0.213. The molecule has 0 fully saturated rings. The lowest BCUT2D eigenvalue weighted by Gasteiger charge is -2.35. The molecule has 3 rings (SSSR count). The fraction of sp³-hybridized carbons (Fsp3) is 0.391. The normalized spacial score (nSPS) is 15.8. The number of anilines is 1. The first kappa shape index (κ1) is 23.7. The van der Waals surface area contributed by atoms with Crippen LogP contribution in [0.25, 0.3) is 0 Å². The van der Waals surface area contributed by atoms with Gasteiger partial charge in [-0.15, -0.1) is 0 Å². The molecule has 0 aliphatic carbocycles. The Labute approximate surface area is 189 Å². The molecule has 2 aromatic carbocycles. The molecule has 9 heteroatoms. The molecule has 8 nitrogen and oxygen atoms in total. The first-order valence-corrected chi connectivity index (χ1v) is 11.9. The number of ether oxygens (including phenoxy) is 1. The third-order valence-corrected chi connectivity index (χ3v) is 7.56. The van der Waals surface area contributed by atoms with Crippen molar-refractivity contribution in [2.45, 2.75) is 31.8 Å². The Morgan fingerprint density at radius 2 is 1.75 bits per heavy atom. The van der Waals surface area contributed by atoms with Gasteiger partial charge in [-0.1, -0.05) is 32.0 Å². The van der Waals surface area contributed by atoms with Gasteiger partial charge in [0, 0.05) is 32.7 Å². The van der Waals surface area contributed by atoms with Crippen LogP contribution in [0.2, 0.25) is 0 Å². The second-order valence-corrected chi connectivity index (χ2v) is 9.73. The van der Waals surface area contributed by atoms with E-state index < -0.39 is 16.1 Å². The molecule has 0 N–H and O–H groups in total. The van der Waals surface area contributed by atoms with Gasteiger partial charge in [-0.05, 0) is 36.8 Å². The standard InChI is InChI=1S/C23H29N3O5S/c1-6-25(7-2)32(29,30)17-13-12-16(3)18(14-17)22(27)26-15-21(23(28)24(4)5)31-20-11-9-8-10-19(20)26/h8-14,21H,6-7,15H2,1-5H3. The molecule has 1 aliphatic heterocycles. The number of para-hydroxylation sites is 2. The number of hydrogen-bond acceptors (Lipinski definition) is 5. The topological polar surface area (TPSA) is 87.2 Å². The summed E-state index contributed by atoms with van der Waals surface area (Å²) in [4.78, 5) is 29.2. The molecule has 0 saturated heterocycles. The average molecular weight is 460 g/mol. The van der Waals surface area contributed by atoms with Gasteiger partial charge in [0.2, 0.25) is 10.0 Å². The maximum atomic E-state index is 13.6. The molecule has 1 heterocycles. The molecule has 2 aromatic rings. The van der Waals surface area contributed by atoms with Gasteiger partial charge in [0.05, 0.1) is 17.1 Å². The van der Waals surface area contributed by atoms with Gasteiger partial charge in [0.1, 0.15) is 5.75 Å². The first-order chi connectivity index (χ1) is 15.1. The molecule has 0 radical (unpaired) electrons. The molecule has 0 spiro atoms. The van der Waals surface area contributed by atoms with Crippen molar-refractivity contribution in [1.29, 1.82) is 0 Å². The fourth-order valence-corrected chi connectivity index (χ4v) is 5.18. The van der Waals surface area contributed by atoms with Gasteiger partial charge < -0.3 is 14.5 Å². The van der Waals surface area contributed by atoms with E-state index in [1.165, 1.54) is 26.2 Å². The van der Waals surface area contributed by atoms with E-state index in [4.69, 9.17) is 4.74 Å². The number of fused-ring (bicyclic) bond motifs is 1. The van der Waals surface area contributed by atoms with E-state index in [2.05, 4.69) is 0 Å². The number of sulfonamides is 1. The number of benzene rings is 2. The number of aryl methyl sites for hydroxylation is 1. The van der Waals surface area contributed by atoms with Crippen molar-refractivity contribution in [3.8, 4) is 5.75 Å². The van der Waals surface area contributed by atoms with Crippen LogP contribution in [0.3, 0.4) is 0 Å². The molecule has 0 bridgehead atoms. The maximum Gasteiger partial charge on any atom is 0.265 e. The predicted molar refractivity (Wildman–Crippen MR) is 123 cm³/mol. The van der Waals surface area contributed by atoms with Crippen LogP contribution >= 0.6 is 0 Å². The van der Waals surface area contributed by atoms with Gasteiger partial charge in [0.15, 0.2) is 6.10 Å². The van der Waals surface area contributed by atoms with Crippen molar-refractivity contribution >= 4 is 27.5 Å². The highest BCUT2D eigenvalue weighted by Gasteiger charge is 2.35. The molecule has 0 saturated carbocycles. The van der Waals surface area contributed by atoms with Crippen LogP contribution in [0, 0.1) is 6.92 Å². The zero-order chi connectivity index (χ0) is 23.6. The van der Waals surface area contributed by atoms with Crippen molar-refractivity contribution in [2.24, 2.45) is 0 Å². The summed E-state index contributed by atoms with van der Waals surface area (Å²) in [6.07, 6.45) is -0.855. The summed E-state index contributed by atoms with van der Waals surface area (Å²) in [7, 11) is -0.465. The molecule has 1 atom stereocenters. The molecule has 1 unspecified atom stereocenters. The van der Waals surface area contributed by atoms with E-state index in [0.717, 1.165) is 0 Å². The Morgan fingerprint density at radius 3 is 2.38 bits per heavy atom. The Kier molecular flexibility index (Phi) is 6.90. The van der Waals surface area contributed by atoms with Crippen LogP contribution in [0.15, 0.2) is 47.4 Å². The van der Waals surface area contributed by atoms with Gasteiger partial charge in [-0.2, -0.15) is 4.31 Å². The van der Waals surface area contributed by atoms with Crippen LogP contribution in [-0.2, 0) is 14.8 Å². The maximum absolute atomic E-state index is 13.6. The monoisotopic (exact) mass is 459 g/mol. The zero-order valence-corrected chi connectivity index (χ0v) is 19.8. The van der Waals surface area contributed by atoms with Gasteiger partial charge in [-0.3, -0.25) is 9.59 Å². The lowest BCUT2D eigenvalue weighted by molar-refractivity contribution is -0.135. The minimum atomic E-state index is -3.72. The van der Waals surface area contributed by atoms with Gasteiger partial charge >= 0.3 is 0 Å². The van der Waals surface area contributed by atoms with Crippen molar-refractivity contribution in [1.82, 2.24) is 9.21 Å². The summed E-state index contributed by atoms with van der Waals surface area (Å²) in [5, 5.41) is 0. The van der Waals surface area contributed by atoms with Crippen molar-refractivity contribution in [3.05, 3.63) is 53.6 Å².